The van der Waals surface area contributed by atoms with Gasteiger partial charge < -0.3 is 15.4 Å². The van der Waals surface area contributed by atoms with Crippen LogP contribution in [-0.4, -0.2) is 67.8 Å². The largest absolute Gasteiger partial charge is 0.381 e. The Hall–Kier alpha value is -0.160. The lowest BCUT2D eigenvalue weighted by Gasteiger charge is -2.34. The number of fused-ring (bicyclic) bond motifs is 2. The van der Waals surface area contributed by atoms with Crippen LogP contribution in [0.15, 0.2) is 0 Å². The van der Waals surface area contributed by atoms with E-state index >= 15 is 0 Å². The van der Waals surface area contributed by atoms with E-state index in [0.29, 0.717) is 12.0 Å². The highest BCUT2D eigenvalue weighted by Crippen LogP contribution is 2.29. The molecule has 3 fully saturated rings. The Morgan fingerprint density at radius 1 is 1.17 bits per heavy atom. The molecule has 2 N–H and O–H groups in total. The van der Waals surface area contributed by atoms with E-state index in [0.717, 1.165) is 38.3 Å². The van der Waals surface area contributed by atoms with Crippen LogP contribution in [0.2, 0.25) is 0 Å². The van der Waals surface area contributed by atoms with Gasteiger partial charge in [-0.3, -0.25) is 4.90 Å². The fourth-order valence-corrected chi connectivity index (χ4v) is 3.88. The first-order valence-corrected chi connectivity index (χ1v) is 7.51. The van der Waals surface area contributed by atoms with Gasteiger partial charge in [-0.2, -0.15) is 0 Å². The summed E-state index contributed by atoms with van der Waals surface area (Å²) in [6, 6.07) is 1.95. The number of rotatable bonds is 2. The predicted octanol–water partition coefficient (Wildman–Crippen LogP) is 0.519. The Bertz CT molecular complexity index is 286. The summed E-state index contributed by atoms with van der Waals surface area (Å²) in [6.45, 7) is 5.33. The van der Waals surface area contributed by atoms with Crippen molar-refractivity contribution in [1.82, 2.24) is 9.80 Å². The molecule has 3 heterocycles. The molecule has 4 atom stereocenters. The van der Waals surface area contributed by atoms with Crippen LogP contribution >= 0.6 is 0 Å². The van der Waals surface area contributed by atoms with Crippen LogP contribution in [0.25, 0.3) is 0 Å². The van der Waals surface area contributed by atoms with Gasteiger partial charge in [0, 0.05) is 43.7 Å². The number of ether oxygens (including phenoxy) is 1. The number of hydrogen-bond acceptors (Lipinski definition) is 4. The molecule has 0 radical (unpaired) electrons. The van der Waals surface area contributed by atoms with Crippen LogP contribution in [0.5, 0.6) is 0 Å². The first kappa shape index (κ1) is 12.9. The molecule has 0 saturated carbocycles. The molecule has 2 bridgehead atoms. The summed E-state index contributed by atoms with van der Waals surface area (Å²) < 4.78 is 5.59. The quantitative estimate of drug-likeness (QED) is 0.779. The van der Waals surface area contributed by atoms with Crippen LogP contribution in [0.1, 0.15) is 25.7 Å². The standard InChI is InChI=1S/C14H27N3O/c1-16-12-2-3-13(16)9-17(6-4-12)8-11-10-18-7-5-14(11)15/h11-14H,2-10,15H2,1H3. The smallest absolute Gasteiger partial charge is 0.0521 e. The minimum Gasteiger partial charge on any atom is -0.381 e. The molecule has 3 saturated heterocycles. The van der Waals surface area contributed by atoms with Gasteiger partial charge in [-0.25, -0.2) is 0 Å². The maximum Gasteiger partial charge on any atom is 0.0521 e. The predicted molar refractivity (Wildman–Crippen MR) is 72.5 cm³/mol. The molecule has 0 spiro atoms. The SMILES string of the molecule is CN1C2CCC1CN(CC1COCCC1N)CC2. The highest BCUT2D eigenvalue weighted by molar-refractivity contribution is 4.92. The van der Waals surface area contributed by atoms with Gasteiger partial charge in [-0.15, -0.1) is 0 Å². The summed E-state index contributed by atoms with van der Waals surface area (Å²) >= 11 is 0. The minimum atomic E-state index is 0.344. The Morgan fingerprint density at radius 3 is 2.83 bits per heavy atom. The van der Waals surface area contributed by atoms with Gasteiger partial charge in [0.2, 0.25) is 0 Å². The van der Waals surface area contributed by atoms with E-state index in [-0.39, 0.29) is 0 Å². The Balaban J connectivity index is 1.56. The molecule has 0 aromatic carbocycles. The van der Waals surface area contributed by atoms with E-state index in [9.17, 15) is 0 Å². The average Bonchev–Trinajstić information content (AvgIpc) is 2.60. The highest BCUT2D eigenvalue weighted by atomic mass is 16.5. The number of nitrogens with zero attached hydrogens (tertiary/aromatic N) is 2. The van der Waals surface area contributed by atoms with E-state index in [4.69, 9.17) is 10.5 Å². The van der Waals surface area contributed by atoms with Crippen molar-refractivity contribution in [1.29, 1.82) is 0 Å². The second-order valence-corrected chi connectivity index (χ2v) is 6.39. The van der Waals surface area contributed by atoms with E-state index in [1.54, 1.807) is 0 Å². The van der Waals surface area contributed by atoms with Gasteiger partial charge in [-0.05, 0) is 39.3 Å². The molecule has 18 heavy (non-hydrogen) atoms. The molecule has 3 aliphatic rings. The molecular formula is C14H27N3O. The lowest BCUT2D eigenvalue weighted by atomic mass is 9.95. The van der Waals surface area contributed by atoms with Crippen molar-refractivity contribution >= 4 is 0 Å². The van der Waals surface area contributed by atoms with E-state index in [1.807, 2.05) is 0 Å². The minimum absolute atomic E-state index is 0.344. The summed E-state index contributed by atoms with van der Waals surface area (Å²) in [7, 11) is 2.31. The summed E-state index contributed by atoms with van der Waals surface area (Å²) in [5.41, 5.74) is 6.22. The van der Waals surface area contributed by atoms with Crippen molar-refractivity contribution in [2.45, 2.75) is 43.8 Å². The average molecular weight is 253 g/mol. The molecule has 3 aliphatic heterocycles. The Labute approximate surface area is 110 Å². The first-order valence-electron chi connectivity index (χ1n) is 7.51. The lowest BCUT2D eigenvalue weighted by Crippen LogP contribution is -2.47. The number of hydrogen-bond donors (Lipinski definition) is 1. The maximum absolute atomic E-state index is 6.22. The molecule has 0 aromatic heterocycles. The van der Waals surface area contributed by atoms with Gasteiger partial charge in [0.25, 0.3) is 0 Å². The number of likely N-dealkylation sites (N-methyl/N-ethyl adjacent to an activating group) is 1. The van der Waals surface area contributed by atoms with Crippen molar-refractivity contribution in [3.8, 4) is 0 Å². The van der Waals surface area contributed by atoms with Gasteiger partial charge in [0.1, 0.15) is 0 Å². The molecule has 4 nitrogen and oxygen atoms in total. The Morgan fingerprint density at radius 2 is 2.00 bits per heavy atom. The van der Waals surface area contributed by atoms with Crippen molar-refractivity contribution in [3.63, 3.8) is 0 Å². The lowest BCUT2D eigenvalue weighted by molar-refractivity contribution is 0.0249. The molecule has 104 valence electrons. The van der Waals surface area contributed by atoms with Crippen LogP contribution in [0, 0.1) is 5.92 Å². The van der Waals surface area contributed by atoms with Crippen LogP contribution < -0.4 is 5.73 Å². The van der Waals surface area contributed by atoms with Gasteiger partial charge in [0.15, 0.2) is 0 Å². The van der Waals surface area contributed by atoms with Gasteiger partial charge in [-0.1, -0.05) is 0 Å². The van der Waals surface area contributed by atoms with Crippen molar-refractivity contribution in [3.05, 3.63) is 0 Å². The summed E-state index contributed by atoms with van der Waals surface area (Å²) in [5.74, 6) is 0.542. The third-order valence-corrected chi connectivity index (χ3v) is 5.26. The second-order valence-electron chi connectivity index (χ2n) is 6.39. The second kappa shape index (κ2) is 5.45. The molecule has 4 heteroatoms. The number of likely N-dealkylation sites (tertiary alicyclic amines) is 1. The van der Waals surface area contributed by atoms with Crippen molar-refractivity contribution < 1.29 is 4.74 Å². The zero-order valence-electron chi connectivity index (χ0n) is 11.6. The van der Waals surface area contributed by atoms with Crippen LogP contribution in [-0.2, 0) is 4.74 Å². The maximum atomic E-state index is 6.22. The molecule has 0 aliphatic carbocycles. The highest BCUT2D eigenvalue weighted by Gasteiger charge is 2.35. The summed E-state index contributed by atoms with van der Waals surface area (Å²) in [5, 5.41) is 0. The van der Waals surface area contributed by atoms with E-state index in [1.165, 1.54) is 32.4 Å². The molecule has 0 amide bonds. The fourth-order valence-electron chi connectivity index (χ4n) is 3.88. The molecular weight excluding hydrogens is 226 g/mol. The number of nitrogens with two attached hydrogens (primary N) is 1. The normalized spacial score (nSPS) is 43.0. The van der Waals surface area contributed by atoms with E-state index in [2.05, 4.69) is 16.8 Å². The molecule has 3 rings (SSSR count). The third kappa shape index (κ3) is 2.57. The third-order valence-electron chi connectivity index (χ3n) is 5.26. The summed E-state index contributed by atoms with van der Waals surface area (Å²) in [4.78, 5) is 5.25. The zero-order valence-corrected chi connectivity index (χ0v) is 11.6. The summed E-state index contributed by atoms with van der Waals surface area (Å²) in [6.07, 6.45) is 5.15. The fraction of sp³-hybridized carbons (Fsp3) is 1.00. The van der Waals surface area contributed by atoms with Crippen LogP contribution in [0.4, 0.5) is 0 Å². The van der Waals surface area contributed by atoms with E-state index < -0.39 is 0 Å². The zero-order chi connectivity index (χ0) is 12.5. The van der Waals surface area contributed by atoms with Crippen LogP contribution in [0.3, 0.4) is 0 Å². The molecule has 0 aromatic rings. The molecule has 4 unspecified atom stereocenters. The van der Waals surface area contributed by atoms with Crippen molar-refractivity contribution in [2.75, 3.05) is 39.9 Å². The van der Waals surface area contributed by atoms with Gasteiger partial charge >= 0.3 is 0 Å². The van der Waals surface area contributed by atoms with Gasteiger partial charge in [0.05, 0.1) is 6.61 Å². The Kier molecular flexibility index (Phi) is 3.89. The topological polar surface area (TPSA) is 41.7 Å². The van der Waals surface area contributed by atoms with Crippen molar-refractivity contribution in [2.24, 2.45) is 11.7 Å². The monoisotopic (exact) mass is 253 g/mol. The first-order chi connectivity index (χ1) is 8.74.